The summed E-state index contributed by atoms with van der Waals surface area (Å²) in [6.45, 7) is 5.07. The first-order valence-corrected chi connectivity index (χ1v) is 13.5. The van der Waals surface area contributed by atoms with Crippen molar-refractivity contribution in [1.29, 1.82) is 0 Å². The van der Waals surface area contributed by atoms with Crippen LogP contribution in [-0.2, 0) is 22.4 Å². The molecule has 0 saturated carbocycles. The molecule has 1 aliphatic rings. The second-order valence-corrected chi connectivity index (χ2v) is 9.75. The van der Waals surface area contributed by atoms with Crippen molar-refractivity contribution >= 4 is 34.3 Å². The number of fused-ring (bicyclic) bond motifs is 1. The molecular weight excluding hydrogens is 446 g/mol. The Hall–Kier alpha value is -2.60. The van der Waals surface area contributed by atoms with E-state index < -0.39 is 0 Å². The van der Waals surface area contributed by atoms with Crippen molar-refractivity contribution in [3.63, 3.8) is 0 Å². The molecule has 0 atom stereocenters. The highest BCUT2D eigenvalue weighted by Crippen LogP contribution is 2.38. The zero-order valence-corrected chi connectivity index (χ0v) is 21.3. The molecule has 34 heavy (non-hydrogen) atoms. The normalized spacial score (nSPS) is 13.0. The van der Waals surface area contributed by atoms with Gasteiger partial charge in [0.05, 0.1) is 18.8 Å². The van der Waals surface area contributed by atoms with Crippen LogP contribution in [0.5, 0.6) is 5.75 Å². The molecule has 0 bridgehead atoms. The Morgan fingerprint density at radius 1 is 1.00 bits per heavy atom. The van der Waals surface area contributed by atoms with Gasteiger partial charge >= 0.3 is 5.97 Å². The third-order valence-electron chi connectivity index (χ3n) is 5.96. The topological polar surface area (TPSA) is 64.6 Å². The lowest BCUT2D eigenvalue weighted by molar-refractivity contribution is -0.111. The van der Waals surface area contributed by atoms with E-state index >= 15 is 0 Å². The number of benzene rings is 1. The molecule has 0 fully saturated rings. The number of thiophene rings is 1. The van der Waals surface area contributed by atoms with Crippen molar-refractivity contribution in [1.82, 2.24) is 0 Å². The van der Waals surface area contributed by atoms with Gasteiger partial charge < -0.3 is 14.8 Å². The maximum atomic E-state index is 12.6. The second-order valence-electron chi connectivity index (χ2n) is 8.64. The number of unbranched alkanes of at least 4 members (excludes halogenated alkanes) is 5. The van der Waals surface area contributed by atoms with Gasteiger partial charge in [0, 0.05) is 11.0 Å². The summed E-state index contributed by atoms with van der Waals surface area (Å²) in [7, 11) is 0. The van der Waals surface area contributed by atoms with Crippen LogP contribution in [0, 0.1) is 0 Å². The Morgan fingerprint density at radius 2 is 1.74 bits per heavy atom. The number of amides is 1. The first kappa shape index (κ1) is 26.0. The van der Waals surface area contributed by atoms with Crippen LogP contribution >= 0.6 is 11.3 Å². The van der Waals surface area contributed by atoms with Gasteiger partial charge in [-0.3, -0.25) is 4.79 Å². The van der Waals surface area contributed by atoms with E-state index in [1.165, 1.54) is 54.4 Å². The van der Waals surface area contributed by atoms with Crippen LogP contribution in [0.2, 0.25) is 0 Å². The monoisotopic (exact) mass is 483 g/mol. The molecule has 0 aliphatic heterocycles. The summed E-state index contributed by atoms with van der Waals surface area (Å²) in [5.41, 5.74) is 2.50. The minimum Gasteiger partial charge on any atom is -0.494 e. The molecular formula is C28H37NO4S. The summed E-state index contributed by atoms with van der Waals surface area (Å²) in [5.74, 6) is 0.240. The van der Waals surface area contributed by atoms with Gasteiger partial charge in [0.2, 0.25) is 5.91 Å². The van der Waals surface area contributed by atoms with Gasteiger partial charge in [0.1, 0.15) is 10.8 Å². The molecule has 1 heterocycles. The van der Waals surface area contributed by atoms with Crippen LogP contribution in [0.25, 0.3) is 6.08 Å². The van der Waals surface area contributed by atoms with Gasteiger partial charge in [-0.2, -0.15) is 0 Å². The van der Waals surface area contributed by atoms with E-state index in [9.17, 15) is 9.59 Å². The number of carbonyl (C=O) groups is 2. The second kappa shape index (κ2) is 14.0. The number of carbonyl (C=O) groups excluding carboxylic acids is 2. The van der Waals surface area contributed by atoms with Crippen molar-refractivity contribution < 1.29 is 19.1 Å². The van der Waals surface area contributed by atoms with E-state index in [1.807, 2.05) is 24.3 Å². The molecule has 0 saturated heterocycles. The highest BCUT2D eigenvalue weighted by atomic mass is 32.1. The third kappa shape index (κ3) is 7.73. The summed E-state index contributed by atoms with van der Waals surface area (Å²) in [6, 6.07) is 7.74. The maximum Gasteiger partial charge on any atom is 0.341 e. The Morgan fingerprint density at radius 3 is 2.50 bits per heavy atom. The Kier molecular flexibility index (Phi) is 10.7. The van der Waals surface area contributed by atoms with Gasteiger partial charge in [0.15, 0.2) is 0 Å². The van der Waals surface area contributed by atoms with Crippen LogP contribution in [0.15, 0.2) is 30.3 Å². The number of esters is 1. The third-order valence-corrected chi connectivity index (χ3v) is 7.17. The molecule has 5 nitrogen and oxygen atoms in total. The van der Waals surface area contributed by atoms with E-state index in [1.54, 1.807) is 13.0 Å². The summed E-state index contributed by atoms with van der Waals surface area (Å²) in [5, 5.41) is 3.50. The molecule has 3 rings (SSSR count). The molecule has 0 unspecified atom stereocenters. The standard InChI is InChI=1S/C28H37NO4S/c1-3-5-6-7-8-11-20-33-22-17-14-21(15-18-22)16-19-25(30)29-27-26(28(31)32-4-2)23-12-9-10-13-24(23)34-27/h14-19H,3-13,20H2,1-2H3,(H,29,30)/b19-16+. The number of hydrogen-bond acceptors (Lipinski definition) is 5. The minimum atomic E-state index is -0.349. The van der Waals surface area contributed by atoms with E-state index in [0.717, 1.165) is 55.6 Å². The number of aryl methyl sites for hydroxylation is 1. The van der Waals surface area contributed by atoms with E-state index in [0.29, 0.717) is 17.2 Å². The zero-order valence-electron chi connectivity index (χ0n) is 20.5. The summed E-state index contributed by atoms with van der Waals surface area (Å²) in [6.07, 6.45) is 14.7. The molecule has 2 aromatic rings. The smallest absolute Gasteiger partial charge is 0.341 e. The average Bonchev–Trinajstić information content (AvgIpc) is 3.21. The Balaban J connectivity index is 1.52. The predicted octanol–water partition coefficient (Wildman–Crippen LogP) is 7.19. The van der Waals surface area contributed by atoms with E-state index in [4.69, 9.17) is 9.47 Å². The number of ether oxygens (including phenoxy) is 2. The van der Waals surface area contributed by atoms with Crippen LogP contribution in [0.4, 0.5) is 5.00 Å². The van der Waals surface area contributed by atoms with Crippen molar-refractivity contribution in [2.45, 2.75) is 78.1 Å². The zero-order chi connectivity index (χ0) is 24.2. The fraction of sp³-hybridized carbons (Fsp3) is 0.500. The van der Waals surface area contributed by atoms with Crippen molar-refractivity contribution in [2.75, 3.05) is 18.5 Å². The quantitative estimate of drug-likeness (QED) is 0.186. The minimum absolute atomic E-state index is 0.257. The van der Waals surface area contributed by atoms with Crippen molar-refractivity contribution in [3.8, 4) is 5.75 Å². The Labute approximate surface area is 207 Å². The molecule has 1 aromatic heterocycles. The maximum absolute atomic E-state index is 12.6. The van der Waals surface area contributed by atoms with Gasteiger partial charge in [-0.1, -0.05) is 51.2 Å². The molecule has 1 N–H and O–H groups in total. The summed E-state index contributed by atoms with van der Waals surface area (Å²) < 4.78 is 11.1. The highest BCUT2D eigenvalue weighted by molar-refractivity contribution is 7.17. The van der Waals surface area contributed by atoms with Crippen LogP contribution in [-0.4, -0.2) is 25.1 Å². The van der Waals surface area contributed by atoms with Gasteiger partial charge in [-0.15, -0.1) is 11.3 Å². The molecule has 1 aliphatic carbocycles. The molecule has 6 heteroatoms. The lowest BCUT2D eigenvalue weighted by atomic mass is 9.95. The van der Waals surface area contributed by atoms with Gasteiger partial charge in [0.25, 0.3) is 0 Å². The first-order valence-electron chi connectivity index (χ1n) is 12.7. The fourth-order valence-corrected chi connectivity index (χ4v) is 5.43. The largest absolute Gasteiger partial charge is 0.494 e. The van der Waals surface area contributed by atoms with E-state index in [-0.39, 0.29) is 11.9 Å². The average molecular weight is 484 g/mol. The van der Waals surface area contributed by atoms with Crippen molar-refractivity contribution in [2.24, 2.45) is 0 Å². The van der Waals surface area contributed by atoms with Gasteiger partial charge in [-0.25, -0.2) is 4.79 Å². The number of rotatable bonds is 13. The lowest BCUT2D eigenvalue weighted by Gasteiger charge is -2.12. The number of hydrogen-bond donors (Lipinski definition) is 1. The summed E-state index contributed by atoms with van der Waals surface area (Å²) >= 11 is 1.50. The highest BCUT2D eigenvalue weighted by Gasteiger charge is 2.26. The molecule has 0 spiro atoms. The van der Waals surface area contributed by atoms with E-state index in [2.05, 4.69) is 12.2 Å². The number of nitrogens with one attached hydrogen (secondary N) is 1. The molecule has 0 radical (unpaired) electrons. The van der Waals surface area contributed by atoms with Gasteiger partial charge in [-0.05, 0) is 68.4 Å². The van der Waals surface area contributed by atoms with Crippen LogP contribution < -0.4 is 10.1 Å². The Bertz CT molecular complexity index is 962. The lowest BCUT2D eigenvalue weighted by Crippen LogP contribution is -2.14. The fourth-order valence-electron chi connectivity index (χ4n) is 4.15. The van der Waals surface area contributed by atoms with Crippen LogP contribution in [0.3, 0.4) is 0 Å². The predicted molar refractivity (Wildman–Crippen MR) is 140 cm³/mol. The first-order chi connectivity index (χ1) is 16.6. The number of anilines is 1. The summed E-state index contributed by atoms with van der Waals surface area (Å²) in [4.78, 5) is 26.3. The van der Waals surface area contributed by atoms with Crippen LogP contribution in [0.1, 0.15) is 91.6 Å². The molecule has 1 aromatic carbocycles. The van der Waals surface area contributed by atoms with Crippen molar-refractivity contribution in [3.05, 3.63) is 51.9 Å². The SMILES string of the molecule is CCCCCCCCOc1ccc(/C=C/C(=O)Nc2sc3c(c2C(=O)OCC)CCCC3)cc1. The molecule has 184 valence electrons. The molecule has 1 amide bonds.